The molecule has 4 heteroatoms. The zero-order valence-electron chi connectivity index (χ0n) is 9.88. The van der Waals surface area contributed by atoms with Crippen molar-refractivity contribution in [1.29, 1.82) is 0 Å². The van der Waals surface area contributed by atoms with Gasteiger partial charge in [-0.25, -0.2) is 0 Å². The van der Waals surface area contributed by atoms with Crippen molar-refractivity contribution in [3.05, 3.63) is 47.5 Å². The molecule has 2 aromatic rings. The molecule has 1 aliphatic heterocycles. The van der Waals surface area contributed by atoms with Crippen LogP contribution < -0.4 is 15.2 Å². The fourth-order valence-electron chi connectivity index (χ4n) is 2.23. The molecule has 1 unspecified atom stereocenters. The number of fused-ring (bicyclic) bond motifs is 2. The van der Waals surface area contributed by atoms with Crippen LogP contribution in [0.3, 0.4) is 0 Å². The third kappa shape index (κ3) is 1.57. The lowest BCUT2D eigenvalue weighted by atomic mass is 9.95. The molecule has 3 rings (SSSR count). The van der Waals surface area contributed by atoms with Crippen LogP contribution in [0.25, 0.3) is 0 Å². The summed E-state index contributed by atoms with van der Waals surface area (Å²) in [5, 5.41) is 0. The number of para-hydroxylation sites is 1. The zero-order valence-corrected chi connectivity index (χ0v) is 10.8. The average Bonchev–Trinajstić information content (AvgIpc) is 2.39. The van der Waals surface area contributed by atoms with E-state index in [0.717, 1.165) is 21.8 Å². The van der Waals surface area contributed by atoms with E-state index < -0.39 is 0 Å². The summed E-state index contributed by atoms with van der Waals surface area (Å²) in [5.41, 5.74) is 8.14. The number of methoxy groups -OCH3 is 1. The van der Waals surface area contributed by atoms with Crippen molar-refractivity contribution >= 4 is 12.6 Å². The summed E-state index contributed by atoms with van der Waals surface area (Å²) >= 11 is 4.46. The Balaban J connectivity index is 2.24. The standard InChI is InChI=1S/C14H13NO2S/c1-16-10-6-7-11(18)12-13(15)8-4-2-3-5-9(8)17-14(10)12/h2-7,13,18H,15H2,1H3. The molecule has 0 bridgehead atoms. The molecule has 0 saturated carbocycles. The van der Waals surface area contributed by atoms with Crippen LogP contribution in [-0.2, 0) is 0 Å². The first-order valence-corrected chi connectivity index (χ1v) is 6.09. The Morgan fingerprint density at radius 2 is 2.00 bits per heavy atom. The largest absolute Gasteiger partial charge is 0.493 e. The molecule has 0 amide bonds. The molecule has 0 radical (unpaired) electrons. The number of rotatable bonds is 1. The third-order valence-electron chi connectivity index (χ3n) is 3.13. The number of nitrogens with two attached hydrogens (primary N) is 1. The van der Waals surface area contributed by atoms with Gasteiger partial charge in [0.15, 0.2) is 11.5 Å². The summed E-state index contributed by atoms with van der Waals surface area (Å²) in [6.45, 7) is 0. The van der Waals surface area contributed by atoms with Crippen molar-refractivity contribution in [2.45, 2.75) is 10.9 Å². The highest BCUT2D eigenvalue weighted by atomic mass is 32.1. The van der Waals surface area contributed by atoms with Gasteiger partial charge >= 0.3 is 0 Å². The lowest BCUT2D eigenvalue weighted by molar-refractivity contribution is 0.365. The van der Waals surface area contributed by atoms with Crippen LogP contribution in [-0.4, -0.2) is 7.11 Å². The molecule has 1 heterocycles. The number of ether oxygens (including phenoxy) is 2. The van der Waals surface area contributed by atoms with Crippen molar-refractivity contribution in [3.63, 3.8) is 0 Å². The zero-order chi connectivity index (χ0) is 12.7. The summed E-state index contributed by atoms with van der Waals surface area (Å²) in [7, 11) is 1.61. The second-order valence-corrected chi connectivity index (χ2v) is 4.63. The molecule has 0 saturated heterocycles. The summed E-state index contributed by atoms with van der Waals surface area (Å²) in [6, 6.07) is 11.2. The van der Waals surface area contributed by atoms with E-state index in [1.807, 2.05) is 36.4 Å². The first-order valence-electron chi connectivity index (χ1n) is 5.64. The minimum absolute atomic E-state index is 0.243. The fourth-order valence-corrected chi connectivity index (χ4v) is 2.55. The Kier molecular flexibility index (Phi) is 2.69. The van der Waals surface area contributed by atoms with E-state index in [4.69, 9.17) is 15.2 Å². The van der Waals surface area contributed by atoms with Gasteiger partial charge in [-0.3, -0.25) is 0 Å². The Bertz CT molecular complexity index is 613. The number of thiol groups is 1. The molecular formula is C14H13NO2S. The van der Waals surface area contributed by atoms with E-state index in [1.165, 1.54) is 0 Å². The monoisotopic (exact) mass is 259 g/mol. The van der Waals surface area contributed by atoms with E-state index in [0.29, 0.717) is 11.5 Å². The van der Waals surface area contributed by atoms with Gasteiger partial charge in [0.05, 0.1) is 13.2 Å². The van der Waals surface area contributed by atoms with Gasteiger partial charge < -0.3 is 15.2 Å². The topological polar surface area (TPSA) is 44.5 Å². The average molecular weight is 259 g/mol. The van der Waals surface area contributed by atoms with Crippen LogP contribution in [0.2, 0.25) is 0 Å². The van der Waals surface area contributed by atoms with Gasteiger partial charge in [-0.2, -0.15) is 0 Å². The molecule has 0 spiro atoms. The lowest BCUT2D eigenvalue weighted by Gasteiger charge is -2.27. The predicted octanol–water partition coefficient (Wildman–Crippen LogP) is 3.14. The summed E-state index contributed by atoms with van der Waals surface area (Å²) < 4.78 is 11.2. The molecule has 1 aliphatic rings. The summed E-state index contributed by atoms with van der Waals surface area (Å²) in [5.74, 6) is 2.11. The molecule has 1 atom stereocenters. The first-order chi connectivity index (χ1) is 8.72. The Labute approximate surface area is 111 Å². The second-order valence-electron chi connectivity index (χ2n) is 4.15. The highest BCUT2D eigenvalue weighted by Crippen LogP contribution is 2.48. The quantitative estimate of drug-likeness (QED) is 0.773. The maximum Gasteiger partial charge on any atom is 0.175 e. The number of benzene rings is 2. The highest BCUT2D eigenvalue weighted by molar-refractivity contribution is 7.80. The predicted molar refractivity (Wildman–Crippen MR) is 72.8 cm³/mol. The van der Waals surface area contributed by atoms with Gasteiger partial charge in [0, 0.05) is 16.0 Å². The van der Waals surface area contributed by atoms with E-state index in [9.17, 15) is 0 Å². The molecule has 2 N–H and O–H groups in total. The molecule has 3 nitrogen and oxygen atoms in total. The SMILES string of the molecule is COc1ccc(S)c2c1Oc1ccccc1C2N. The number of hydrogen-bond donors (Lipinski definition) is 2. The maximum atomic E-state index is 6.30. The highest BCUT2D eigenvalue weighted by Gasteiger charge is 2.28. The Morgan fingerprint density at radius 3 is 2.78 bits per heavy atom. The van der Waals surface area contributed by atoms with Crippen molar-refractivity contribution in [1.82, 2.24) is 0 Å². The maximum absolute atomic E-state index is 6.30. The smallest absolute Gasteiger partial charge is 0.175 e. The summed E-state index contributed by atoms with van der Waals surface area (Å²) in [4.78, 5) is 0.813. The van der Waals surface area contributed by atoms with Crippen LogP contribution in [0.5, 0.6) is 17.2 Å². The van der Waals surface area contributed by atoms with Gasteiger partial charge in [-0.05, 0) is 18.2 Å². The van der Waals surface area contributed by atoms with Gasteiger partial charge in [0.2, 0.25) is 0 Å². The molecule has 0 fully saturated rings. The Morgan fingerprint density at radius 1 is 1.22 bits per heavy atom. The van der Waals surface area contributed by atoms with Crippen LogP contribution >= 0.6 is 12.6 Å². The van der Waals surface area contributed by atoms with Crippen molar-refractivity contribution in [2.24, 2.45) is 5.73 Å². The van der Waals surface area contributed by atoms with Crippen molar-refractivity contribution in [2.75, 3.05) is 7.11 Å². The molecule has 18 heavy (non-hydrogen) atoms. The van der Waals surface area contributed by atoms with Crippen LogP contribution in [0.1, 0.15) is 17.2 Å². The summed E-state index contributed by atoms with van der Waals surface area (Å²) in [6.07, 6.45) is 0. The Hall–Kier alpha value is -1.65. The van der Waals surface area contributed by atoms with E-state index in [2.05, 4.69) is 12.6 Å². The molecule has 0 aromatic heterocycles. The molecular weight excluding hydrogens is 246 g/mol. The minimum atomic E-state index is -0.243. The van der Waals surface area contributed by atoms with E-state index in [-0.39, 0.29) is 6.04 Å². The second kappa shape index (κ2) is 4.23. The lowest BCUT2D eigenvalue weighted by Crippen LogP contribution is -2.18. The molecule has 92 valence electrons. The van der Waals surface area contributed by atoms with Gasteiger partial charge in [0.1, 0.15) is 5.75 Å². The van der Waals surface area contributed by atoms with Crippen LogP contribution in [0.4, 0.5) is 0 Å². The van der Waals surface area contributed by atoms with Gasteiger partial charge in [-0.1, -0.05) is 18.2 Å². The van der Waals surface area contributed by atoms with Crippen LogP contribution in [0.15, 0.2) is 41.3 Å². The van der Waals surface area contributed by atoms with Gasteiger partial charge in [0.25, 0.3) is 0 Å². The first kappa shape index (κ1) is 11.4. The van der Waals surface area contributed by atoms with Crippen LogP contribution in [0, 0.1) is 0 Å². The van der Waals surface area contributed by atoms with E-state index in [1.54, 1.807) is 7.11 Å². The van der Waals surface area contributed by atoms with E-state index >= 15 is 0 Å². The molecule has 0 aliphatic carbocycles. The third-order valence-corrected chi connectivity index (χ3v) is 3.52. The number of hydrogen-bond acceptors (Lipinski definition) is 4. The van der Waals surface area contributed by atoms with Crippen molar-refractivity contribution in [3.8, 4) is 17.2 Å². The molecule has 2 aromatic carbocycles. The normalized spacial score (nSPS) is 16.5. The fraction of sp³-hybridized carbons (Fsp3) is 0.143. The van der Waals surface area contributed by atoms with Gasteiger partial charge in [-0.15, -0.1) is 12.6 Å². The van der Waals surface area contributed by atoms with Crippen molar-refractivity contribution < 1.29 is 9.47 Å². The minimum Gasteiger partial charge on any atom is -0.493 e.